The van der Waals surface area contributed by atoms with Crippen LogP contribution in [0.15, 0.2) is 48.7 Å². The third kappa shape index (κ3) is 4.71. The van der Waals surface area contributed by atoms with Gasteiger partial charge in [0.2, 0.25) is 0 Å². The van der Waals surface area contributed by atoms with Crippen LogP contribution in [0.1, 0.15) is 35.5 Å². The minimum Gasteiger partial charge on any atom is -0.377 e. The summed E-state index contributed by atoms with van der Waals surface area (Å²) in [5.74, 6) is -0.242. The Balaban J connectivity index is 1.58. The molecular formula is C23H27FN4O. The lowest BCUT2D eigenvalue weighted by Crippen LogP contribution is -2.32. The van der Waals surface area contributed by atoms with Gasteiger partial charge in [-0.15, -0.1) is 0 Å². The van der Waals surface area contributed by atoms with Crippen molar-refractivity contribution in [2.45, 2.75) is 45.9 Å². The van der Waals surface area contributed by atoms with Crippen LogP contribution in [0, 0.1) is 19.7 Å². The molecule has 1 fully saturated rings. The van der Waals surface area contributed by atoms with Crippen LogP contribution >= 0.6 is 0 Å². The van der Waals surface area contributed by atoms with Gasteiger partial charge in [0.1, 0.15) is 5.82 Å². The van der Waals surface area contributed by atoms with Gasteiger partial charge < -0.3 is 4.74 Å². The summed E-state index contributed by atoms with van der Waals surface area (Å²) in [4.78, 5) is 6.89. The quantitative estimate of drug-likeness (QED) is 0.602. The van der Waals surface area contributed by atoms with E-state index in [9.17, 15) is 4.39 Å². The second kappa shape index (κ2) is 8.84. The normalized spacial score (nSPS) is 16.6. The number of halogens is 1. The predicted octanol–water partition coefficient (Wildman–Crippen LogP) is 4.20. The average Bonchev–Trinajstić information content (AvgIpc) is 3.33. The van der Waals surface area contributed by atoms with Crippen molar-refractivity contribution in [1.29, 1.82) is 0 Å². The van der Waals surface area contributed by atoms with E-state index in [-0.39, 0.29) is 11.9 Å². The molecule has 0 bridgehead atoms. The van der Waals surface area contributed by atoms with Crippen LogP contribution in [0.2, 0.25) is 0 Å². The maximum absolute atomic E-state index is 13.3. The Morgan fingerprint density at radius 1 is 1.14 bits per heavy atom. The summed E-state index contributed by atoms with van der Waals surface area (Å²) in [6.07, 6.45) is 4.34. The molecule has 0 N–H and O–H groups in total. The molecule has 29 heavy (non-hydrogen) atoms. The summed E-state index contributed by atoms with van der Waals surface area (Å²) < 4.78 is 21.1. The van der Waals surface area contributed by atoms with Crippen LogP contribution in [0.4, 0.5) is 4.39 Å². The van der Waals surface area contributed by atoms with E-state index in [2.05, 4.69) is 22.9 Å². The lowest BCUT2D eigenvalue weighted by Gasteiger charge is -2.25. The van der Waals surface area contributed by atoms with Gasteiger partial charge in [-0.1, -0.05) is 6.07 Å². The van der Waals surface area contributed by atoms with Gasteiger partial charge in [-0.3, -0.25) is 9.88 Å². The van der Waals surface area contributed by atoms with Crippen molar-refractivity contribution in [3.8, 4) is 5.69 Å². The molecule has 5 nitrogen and oxygen atoms in total. The lowest BCUT2D eigenvalue weighted by molar-refractivity contribution is 0.0673. The van der Waals surface area contributed by atoms with E-state index >= 15 is 0 Å². The average molecular weight is 394 g/mol. The van der Waals surface area contributed by atoms with Crippen LogP contribution in [-0.4, -0.2) is 38.9 Å². The molecule has 0 amide bonds. The third-order valence-corrected chi connectivity index (χ3v) is 5.49. The lowest BCUT2D eigenvalue weighted by atomic mass is 10.1. The topological polar surface area (TPSA) is 43.2 Å². The van der Waals surface area contributed by atoms with Crippen LogP contribution in [0.25, 0.3) is 5.69 Å². The van der Waals surface area contributed by atoms with E-state index in [1.165, 1.54) is 17.7 Å². The van der Waals surface area contributed by atoms with E-state index in [1.807, 2.05) is 29.9 Å². The first kappa shape index (κ1) is 19.7. The summed E-state index contributed by atoms with van der Waals surface area (Å²) in [5.41, 5.74) is 5.18. The van der Waals surface area contributed by atoms with Crippen LogP contribution < -0.4 is 0 Å². The zero-order valence-corrected chi connectivity index (χ0v) is 17.0. The number of nitrogens with zero attached hydrogens (tertiary/aromatic N) is 4. The van der Waals surface area contributed by atoms with Crippen molar-refractivity contribution in [3.63, 3.8) is 0 Å². The highest BCUT2D eigenvalue weighted by molar-refractivity contribution is 5.37. The number of hydrogen-bond donors (Lipinski definition) is 0. The SMILES string of the molecule is Cc1nn(-c2ccc(F)cc2)c(C)c1CN(Cc1ccccn1)CC1CCCO1. The molecule has 1 aliphatic rings. The highest BCUT2D eigenvalue weighted by Gasteiger charge is 2.22. The largest absolute Gasteiger partial charge is 0.377 e. The van der Waals surface area contributed by atoms with Gasteiger partial charge in [-0.05, 0) is 63.1 Å². The summed E-state index contributed by atoms with van der Waals surface area (Å²) in [6, 6.07) is 12.5. The van der Waals surface area contributed by atoms with Crippen molar-refractivity contribution < 1.29 is 9.13 Å². The van der Waals surface area contributed by atoms with Crippen molar-refractivity contribution in [1.82, 2.24) is 19.7 Å². The van der Waals surface area contributed by atoms with E-state index in [4.69, 9.17) is 9.84 Å². The number of hydrogen-bond acceptors (Lipinski definition) is 4. The van der Waals surface area contributed by atoms with Crippen LogP contribution in [0.3, 0.4) is 0 Å². The summed E-state index contributed by atoms with van der Waals surface area (Å²) >= 11 is 0. The molecule has 2 aromatic heterocycles. The Hall–Kier alpha value is -2.57. The molecule has 0 saturated carbocycles. The van der Waals surface area contributed by atoms with Gasteiger partial charge in [0.15, 0.2) is 0 Å². The fourth-order valence-electron chi connectivity index (χ4n) is 3.94. The molecule has 1 aromatic carbocycles. The van der Waals surface area contributed by atoms with E-state index in [1.54, 1.807) is 12.1 Å². The Kier molecular flexibility index (Phi) is 6.02. The smallest absolute Gasteiger partial charge is 0.123 e. The van der Waals surface area contributed by atoms with Gasteiger partial charge in [0, 0.05) is 43.7 Å². The number of pyridine rings is 1. The number of benzene rings is 1. The Morgan fingerprint density at radius 2 is 1.97 bits per heavy atom. The number of aryl methyl sites for hydroxylation is 1. The third-order valence-electron chi connectivity index (χ3n) is 5.49. The van der Waals surface area contributed by atoms with Crippen molar-refractivity contribution in [2.75, 3.05) is 13.2 Å². The van der Waals surface area contributed by atoms with Crippen molar-refractivity contribution in [3.05, 3.63) is 77.1 Å². The highest BCUT2D eigenvalue weighted by Crippen LogP contribution is 2.22. The van der Waals surface area contributed by atoms with E-state index in [0.29, 0.717) is 0 Å². The van der Waals surface area contributed by atoms with Gasteiger partial charge in [0.05, 0.1) is 23.2 Å². The molecule has 0 spiro atoms. The van der Waals surface area contributed by atoms with Gasteiger partial charge in [-0.25, -0.2) is 9.07 Å². The number of aromatic nitrogens is 3. The van der Waals surface area contributed by atoms with E-state index < -0.39 is 0 Å². The van der Waals surface area contributed by atoms with Crippen LogP contribution in [-0.2, 0) is 17.8 Å². The van der Waals surface area contributed by atoms with Gasteiger partial charge in [-0.2, -0.15) is 5.10 Å². The first-order chi connectivity index (χ1) is 14.1. The predicted molar refractivity (Wildman–Crippen MR) is 110 cm³/mol. The number of ether oxygens (including phenoxy) is 1. The summed E-state index contributed by atoms with van der Waals surface area (Å²) in [6.45, 7) is 7.37. The maximum Gasteiger partial charge on any atom is 0.123 e. The van der Waals surface area contributed by atoms with Crippen molar-refractivity contribution in [2.24, 2.45) is 0 Å². The molecule has 1 atom stereocenters. The van der Waals surface area contributed by atoms with Gasteiger partial charge in [0.25, 0.3) is 0 Å². The van der Waals surface area contributed by atoms with Crippen LogP contribution in [0.5, 0.6) is 0 Å². The maximum atomic E-state index is 13.3. The first-order valence-electron chi connectivity index (χ1n) is 10.1. The zero-order chi connectivity index (χ0) is 20.2. The Bertz CT molecular complexity index is 934. The molecule has 1 saturated heterocycles. The minimum atomic E-state index is -0.242. The molecule has 1 unspecified atom stereocenters. The molecule has 3 aromatic rings. The first-order valence-corrected chi connectivity index (χ1v) is 10.1. The monoisotopic (exact) mass is 394 g/mol. The molecule has 6 heteroatoms. The Labute approximate surface area is 171 Å². The molecule has 152 valence electrons. The van der Waals surface area contributed by atoms with Crippen molar-refractivity contribution >= 4 is 0 Å². The number of rotatable bonds is 7. The second-order valence-electron chi connectivity index (χ2n) is 7.66. The molecule has 3 heterocycles. The Morgan fingerprint density at radius 3 is 2.66 bits per heavy atom. The fraction of sp³-hybridized carbons (Fsp3) is 0.391. The molecule has 1 aliphatic heterocycles. The van der Waals surface area contributed by atoms with Gasteiger partial charge >= 0.3 is 0 Å². The fourth-order valence-corrected chi connectivity index (χ4v) is 3.94. The molecule has 4 rings (SSSR count). The van der Waals surface area contributed by atoms with E-state index in [0.717, 1.165) is 61.9 Å². The zero-order valence-electron chi connectivity index (χ0n) is 17.0. The standard InChI is InChI=1S/C23H27FN4O/c1-17-23(18(2)28(26-17)21-10-8-19(24)9-11-21)16-27(15-22-7-5-13-29-22)14-20-6-3-4-12-25-20/h3-4,6,8-12,22H,5,7,13-16H2,1-2H3. The second-order valence-corrected chi connectivity index (χ2v) is 7.66. The molecule has 0 radical (unpaired) electrons. The highest BCUT2D eigenvalue weighted by atomic mass is 19.1. The minimum absolute atomic E-state index is 0.242. The molecule has 0 aliphatic carbocycles. The summed E-state index contributed by atoms with van der Waals surface area (Å²) in [5, 5.41) is 4.72. The molecular weight excluding hydrogens is 367 g/mol. The summed E-state index contributed by atoms with van der Waals surface area (Å²) in [7, 11) is 0.